The third kappa shape index (κ3) is 2.11. The average Bonchev–Trinajstić information content (AvgIpc) is 2.63. The molecule has 0 aliphatic carbocycles. The van der Waals surface area contributed by atoms with Crippen molar-refractivity contribution in [3.63, 3.8) is 0 Å². The molecule has 1 aromatic carbocycles. The Labute approximate surface area is 97.3 Å². The van der Waals surface area contributed by atoms with Crippen LogP contribution in [-0.2, 0) is 0 Å². The van der Waals surface area contributed by atoms with Gasteiger partial charge in [0, 0.05) is 21.0 Å². The molecule has 0 aliphatic heterocycles. The van der Waals surface area contributed by atoms with E-state index in [0.29, 0.717) is 10.6 Å². The minimum absolute atomic E-state index is 0.0382. The molecular formula is C12H9ClOS. The van der Waals surface area contributed by atoms with E-state index in [4.69, 9.17) is 11.6 Å². The number of benzene rings is 1. The number of rotatable bonds is 2. The summed E-state index contributed by atoms with van der Waals surface area (Å²) in [6, 6.07) is 8.88. The SMILES string of the molecule is Cc1sccc1C(=O)c1cccc(Cl)c1. The van der Waals surface area contributed by atoms with Crippen molar-refractivity contribution in [2.24, 2.45) is 0 Å². The molecule has 0 N–H and O–H groups in total. The summed E-state index contributed by atoms with van der Waals surface area (Å²) in [5.41, 5.74) is 1.41. The van der Waals surface area contributed by atoms with Crippen molar-refractivity contribution in [3.8, 4) is 0 Å². The lowest BCUT2D eigenvalue weighted by molar-refractivity contribution is 0.103. The number of carbonyl (C=O) groups excluding carboxylic acids is 1. The lowest BCUT2D eigenvalue weighted by Crippen LogP contribution is -2.00. The van der Waals surface area contributed by atoms with Gasteiger partial charge in [-0.3, -0.25) is 4.79 Å². The number of hydrogen-bond acceptors (Lipinski definition) is 2. The van der Waals surface area contributed by atoms with Crippen LogP contribution in [0.4, 0.5) is 0 Å². The second kappa shape index (κ2) is 4.17. The van der Waals surface area contributed by atoms with Gasteiger partial charge >= 0.3 is 0 Å². The Morgan fingerprint density at radius 3 is 2.73 bits per heavy atom. The molecule has 0 aliphatic rings. The number of halogens is 1. The van der Waals surface area contributed by atoms with Gasteiger partial charge in [0.25, 0.3) is 0 Å². The molecule has 0 saturated carbocycles. The highest BCUT2D eigenvalue weighted by molar-refractivity contribution is 7.10. The molecule has 2 aromatic rings. The van der Waals surface area contributed by atoms with E-state index in [9.17, 15) is 4.79 Å². The van der Waals surface area contributed by atoms with Crippen molar-refractivity contribution in [3.05, 3.63) is 56.7 Å². The largest absolute Gasteiger partial charge is 0.289 e. The predicted octanol–water partition coefficient (Wildman–Crippen LogP) is 3.94. The first-order valence-corrected chi connectivity index (χ1v) is 5.78. The van der Waals surface area contributed by atoms with Crippen LogP contribution in [0.5, 0.6) is 0 Å². The minimum Gasteiger partial charge on any atom is -0.289 e. The van der Waals surface area contributed by atoms with E-state index in [1.807, 2.05) is 18.4 Å². The van der Waals surface area contributed by atoms with Crippen LogP contribution in [-0.4, -0.2) is 5.78 Å². The molecule has 15 heavy (non-hydrogen) atoms. The molecule has 3 heteroatoms. The highest BCUT2D eigenvalue weighted by atomic mass is 35.5. The molecular weight excluding hydrogens is 228 g/mol. The van der Waals surface area contributed by atoms with Crippen molar-refractivity contribution in [2.45, 2.75) is 6.92 Å². The van der Waals surface area contributed by atoms with Gasteiger partial charge in [-0.1, -0.05) is 23.7 Å². The molecule has 0 fully saturated rings. The Bertz CT molecular complexity index is 502. The first kappa shape index (κ1) is 10.4. The van der Waals surface area contributed by atoms with Crippen molar-refractivity contribution < 1.29 is 4.79 Å². The normalized spacial score (nSPS) is 10.3. The number of hydrogen-bond donors (Lipinski definition) is 0. The van der Waals surface area contributed by atoms with Crippen LogP contribution in [0.2, 0.25) is 5.02 Å². The Hall–Kier alpha value is -1.12. The Morgan fingerprint density at radius 2 is 2.13 bits per heavy atom. The van der Waals surface area contributed by atoms with Gasteiger partial charge in [0.2, 0.25) is 0 Å². The third-order valence-corrected chi connectivity index (χ3v) is 3.27. The highest BCUT2D eigenvalue weighted by Gasteiger charge is 2.12. The molecule has 2 rings (SSSR count). The summed E-state index contributed by atoms with van der Waals surface area (Å²) in [7, 11) is 0. The molecule has 0 atom stereocenters. The van der Waals surface area contributed by atoms with E-state index in [-0.39, 0.29) is 5.78 Å². The molecule has 0 bridgehead atoms. The summed E-state index contributed by atoms with van der Waals surface area (Å²) in [5, 5.41) is 2.52. The van der Waals surface area contributed by atoms with Crippen LogP contribution in [0.1, 0.15) is 20.8 Å². The molecule has 0 spiro atoms. The second-order valence-electron chi connectivity index (χ2n) is 3.23. The van der Waals surface area contributed by atoms with Crippen LogP contribution in [0.25, 0.3) is 0 Å². The quantitative estimate of drug-likeness (QED) is 0.722. The van der Waals surface area contributed by atoms with Crippen molar-refractivity contribution in [2.75, 3.05) is 0 Å². The van der Waals surface area contributed by atoms with Crippen LogP contribution in [0, 0.1) is 6.92 Å². The van der Waals surface area contributed by atoms with Crippen LogP contribution in [0.3, 0.4) is 0 Å². The van der Waals surface area contributed by atoms with Gasteiger partial charge in [-0.2, -0.15) is 0 Å². The summed E-state index contributed by atoms with van der Waals surface area (Å²) < 4.78 is 0. The van der Waals surface area contributed by atoms with Crippen molar-refractivity contribution >= 4 is 28.7 Å². The summed E-state index contributed by atoms with van der Waals surface area (Å²) in [4.78, 5) is 13.1. The fourth-order valence-electron chi connectivity index (χ4n) is 1.41. The van der Waals surface area contributed by atoms with Crippen LogP contribution < -0.4 is 0 Å². The molecule has 1 heterocycles. The van der Waals surface area contributed by atoms with E-state index in [1.165, 1.54) is 0 Å². The predicted molar refractivity (Wildman–Crippen MR) is 63.9 cm³/mol. The topological polar surface area (TPSA) is 17.1 Å². The van der Waals surface area contributed by atoms with Crippen LogP contribution in [0.15, 0.2) is 35.7 Å². The van der Waals surface area contributed by atoms with Gasteiger partial charge in [0.1, 0.15) is 0 Å². The number of carbonyl (C=O) groups is 1. The highest BCUT2D eigenvalue weighted by Crippen LogP contribution is 2.20. The molecule has 0 saturated heterocycles. The van der Waals surface area contributed by atoms with Gasteiger partial charge in [0.05, 0.1) is 0 Å². The Kier molecular flexibility index (Phi) is 2.89. The zero-order valence-electron chi connectivity index (χ0n) is 8.16. The van der Waals surface area contributed by atoms with Gasteiger partial charge < -0.3 is 0 Å². The second-order valence-corrected chi connectivity index (χ2v) is 4.79. The third-order valence-electron chi connectivity index (χ3n) is 2.19. The molecule has 0 amide bonds. The van der Waals surface area contributed by atoms with Crippen molar-refractivity contribution in [1.29, 1.82) is 0 Å². The minimum atomic E-state index is 0.0382. The first-order valence-electron chi connectivity index (χ1n) is 4.53. The lowest BCUT2D eigenvalue weighted by Gasteiger charge is -2.00. The van der Waals surface area contributed by atoms with Gasteiger partial charge in [-0.05, 0) is 30.5 Å². The van der Waals surface area contributed by atoms with Gasteiger partial charge in [0.15, 0.2) is 5.78 Å². The molecule has 1 aromatic heterocycles. The Balaban J connectivity index is 2.41. The Morgan fingerprint density at radius 1 is 1.33 bits per heavy atom. The van der Waals surface area contributed by atoms with E-state index in [0.717, 1.165) is 10.4 Å². The summed E-state index contributed by atoms with van der Waals surface area (Å²) in [6.45, 7) is 1.95. The van der Waals surface area contributed by atoms with Crippen molar-refractivity contribution in [1.82, 2.24) is 0 Å². The standard InChI is InChI=1S/C12H9ClOS/c1-8-11(5-6-15-8)12(14)9-3-2-4-10(13)7-9/h2-7H,1H3. The first-order chi connectivity index (χ1) is 7.18. The zero-order chi connectivity index (χ0) is 10.8. The van der Waals surface area contributed by atoms with Gasteiger partial charge in [-0.25, -0.2) is 0 Å². The number of aryl methyl sites for hydroxylation is 1. The zero-order valence-corrected chi connectivity index (χ0v) is 9.73. The monoisotopic (exact) mass is 236 g/mol. The molecule has 0 unspecified atom stereocenters. The van der Waals surface area contributed by atoms with Gasteiger partial charge in [-0.15, -0.1) is 11.3 Å². The van der Waals surface area contributed by atoms with Crippen LogP contribution >= 0.6 is 22.9 Å². The molecule has 76 valence electrons. The van der Waals surface area contributed by atoms with E-state index in [1.54, 1.807) is 35.6 Å². The maximum absolute atomic E-state index is 12.0. The molecule has 0 radical (unpaired) electrons. The summed E-state index contributed by atoms with van der Waals surface area (Å²) in [6.07, 6.45) is 0. The summed E-state index contributed by atoms with van der Waals surface area (Å²) in [5.74, 6) is 0.0382. The summed E-state index contributed by atoms with van der Waals surface area (Å²) >= 11 is 7.42. The maximum atomic E-state index is 12.0. The van der Waals surface area contributed by atoms with E-state index in [2.05, 4.69) is 0 Å². The smallest absolute Gasteiger partial charge is 0.194 e. The maximum Gasteiger partial charge on any atom is 0.194 e. The fourth-order valence-corrected chi connectivity index (χ4v) is 2.29. The number of ketones is 1. The molecule has 1 nitrogen and oxygen atoms in total. The van der Waals surface area contributed by atoms with E-state index < -0.39 is 0 Å². The number of thiophene rings is 1. The lowest BCUT2D eigenvalue weighted by atomic mass is 10.0. The average molecular weight is 237 g/mol. The van der Waals surface area contributed by atoms with E-state index >= 15 is 0 Å². The fraction of sp³-hybridized carbons (Fsp3) is 0.0833.